The molecule has 12 heavy (non-hydrogen) atoms. The van der Waals surface area contributed by atoms with Crippen LogP contribution < -0.4 is 0 Å². The summed E-state index contributed by atoms with van der Waals surface area (Å²) >= 11 is 4.68. The Morgan fingerprint density at radius 3 is 2.17 bits per heavy atom. The molecular formula is C3H2ClF4O3P. The van der Waals surface area contributed by atoms with E-state index in [9.17, 15) is 22.1 Å². The van der Waals surface area contributed by atoms with Gasteiger partial charge in [0.2, 0.25) is 0 Å². The van der Waals surface area contributed by atoms with Gasteiger partial charge in [-0.05, 0) is 0 Å². The molecule has 0 amide bonds. The van der Waals surface area contributed by atoms with E-state index in [0.717, 1.165) is 0 Å². The van der Waals surface area contributed by atoms with Crippen molar-refractivity contribution in [3.63, 3.8) is 0 Å². The molecule has 1 aliphatic rings. The maximum Gasteiger partial charge on any atom is 0.429 e. The molecule has 9 heteroatoms. The molecule has 0 aromatic heterocycles. The summed E-state index contributed by atoms with van der Waals surface area (Å²) in [6, 6.07) is 0. The van der Waals surface area contributed by atoms with E-state index in [1.807, 2.05) is 0 Å². The molecule has 0 aromatic carbocycles. The Balaban J connectivity index is 2.89. The largest absolute Gasteiger partial charge is 0.429 e. The first-order valence-electron chi connectivity index (χ1n) is 2.57. The zero-order valence-electron chi connectivity index (χ0n) is 5.27. The molecule has 1 aliphatic heterocycles. The minimum Gasteiger partial charge on any atom is -0.290 e. The molecule has 72 valence electrons. The van der Waals surface area contributed by atoms with E-state index >= 15 is 0 Å². The lowest BCUT2D eigenvalue weighted by Crippen LogP contribution is -2.48. The fraction of sp³-hybridized carbons (Fsp3) is 1.00. The Morgan fingerprint density at radius 2 is 1.83 bits per heavy atom. The van der Waals surface area contributed by atoms with Crippen molar-refractivity contribution in [2.75, 3.05) is 6.61 Å². The molecule has 0 radical (unpaired) electrons. The summed E-state index contributed by atoms with van der Waals surface area (Å²) in [7, 11) is 0. The van der Waals surface area contributed by atoms with Gasteiger partial charge in [0, 0.05) is 11.2 Å². The minimum absolute atomic E-state index is 1.72. The van der Waals surface area contributed by atoms with E-state index in [4.69, 9.17) is 0 Å². The molecule has 0 spiro atoms. The van der Waals surface area contributed by atoms with Crippen LogP contribution in [-0.2, 0) is 13.6 Å². The molecule has 1 saturated heterocycles. The van der Waals surface area contributed by atoms with Crippen LogP contribution in [-0.4, -0.2) is 18.6 Å². The van der Waals surface area contributed by atoms with E-state index in [2.05, 4.69) is 20.3 Å². The van der Waals surface area contributed by atoms with Crippen molar-refractivity contribution >= 4 is 18.2 Å². The van der Waals surface area contributed by atoms with E-state index < -0.39 is 25.6 Å². The van der Waals surface area contributed by atoms with Crippen molar-refractivity contribution in [3.05, 3.63) is 0 Å². The minimum atomic E-state index is -4.84. The van der Waals surface area contributed by atoms with Crippen molar-refractivity contribution in [2.24, 2.45) is 0 Å². The maximum atomic E-state index is 12.2. The van der Waals surface area contributed by atoms with Crippen LogP contribution in [0.15, 0.2) is 0 Å². The van der Waals surface area contributed by atoms with Crippen LogP contribution in [0.25, 0.3) is 0 Å². The second kappa shape index (κ2) is 2.57. The summed E-state index contributed by atoms with van der Waals surface area (Å²) in [5.74, 6) is -4.50. The molecular weight excluding hydrogens is 226 g/mol. The summed E-state index contributed by atoms with van der Waals surface area (Å²) < 4.78 is 65.9. The monoisotopic (exact) mass is 228 g/mol. The molecule has 1 atom stereocenters. The van der Waals surface area contributed by atoms with Crippen LogP contribution >= 0.6 is 18.2 Å². The van der Waals surface area contributed by atoms with E-state index in [1.54, 1.807) is 0 Å². The highest BCUT2D eigenvalue weighted by Gasteiger charge is 2.65. The molecule has 0 aliphatic carbocycles. The van der Waals surface area contributed by atoms with Gasteiger partial charge in [-0.15, -0.1) is 0 Å². The number of hydrogen-bond donors (Lipinski definition) is 0. The highest BCUT2D eigenvalue weighted by atomic mass is 35.7. The predicted molar refractivity (Wildman–Crippen MR) is 30.4 cm³/mol. The van der Waals surface area contributed by atoms with Gasteiger partial charge in [0.05, 0.1) is 0 Å². The summed E-state index contributed by atoms with van der Waals surface area (Å²) in [6.07, 6.45) is -4.84. The summed E-state index contributed by atoms with van der Waals surface area (Å²) in [4.78, 5) is 0. The van der Waals surface area contributed by atoms with Gasteiger partial charge in [0.1, 0.15) is 6.61 Å². The molecule has 1 heterocycles. The highest BCUT2D eigenvalue weighted by molar-refractivity contribution is 7.81. The van der Waals surface area contributed by atoms with E-state index in [1.165, 1.54) is 0 Å². The third-order valence-corrected chi connectivity index (χ3v) is 2.43. The average Bonchev–Trinajstić information content (AvgIpc) is 1.79. The number of hydrogen-bond acceptors (Lipinski definition) is 3. The smallest absolute Gasteiger partial charge is 0.290 e. The van der Waals surface area contributed by atoms with Gasteiger partial charge < -0.3 is 0 Å². The van der Waals surface area contributed by atoms with Gasteiger partial charge in [-0.3, -0.25) is 4.52 Å². The van der Waals surface area contributed by atoms with Crippen molar-refractivity contribution in [3.8, 4) is 0 Å². The first-order chi connectivity index (χ1) is 5.16. The van der Waals surface area contributed by atoms with E-state index in [0.29, 0.717) is 0 Å². The Morgan fingerprint density at radius 1 is 1.33 bits per heavy atom. The number of halogens is 5. The van der Waals surface area contributed by atoms with Crippen LogP contribution in [0.4, 0.5) is 17.6 Å². The Hall–Kier alpha value is 0.160. The standard InChI is InChI=1S/C3H2ClF4O3P/c4-12(9)10-1-2(5,6)3(7,8)11-12/h1H2. The van der Waals surface area contributed by atoms with Crippen molar-refractivity contribution in [2.45, 2.75) is 12.0 Å². The predicted octanol–water partition coefficient (Wildman–Crippen LogP) is 2.61. The third kappa shape index (κ3) is 1.74. The Labute approximate surface area is 68.9 Å². The lowest BCUT2D eigenvalue weighted by atomic mass is 10.3. The normalized spacial score (nSPS) is 39.4. The lowest BCUT2D eigenvalue weighted by molar-refractivity contribution is -0.333. The fourth-order valence-corrected chi connectivity index (χ4v) is 1.66. The van der Waals surface area contributed by atoms with Crippen LogP contribution in [0.1, 0.15) is 0 Å². The maximum absolute atomic E-state index is 12.2. The van der Waals surface area contributed by atoms with Crippen LogP contribution in [0.5, 0.6) is 0 Å². The van der Waals surface area contributed by atoms with Crippen molar-refractivity contribution < 1.29 is 31.2 Å². The zero-order valence-corrected chi connectivity index (χ0v) is 6.92. The first-order valence-corrected chi connectivity index (χ1v) is 5.02. The molecule has 0 saturated carbocycles. The van der Waals surface area contributed by atoms with Gasteiger partial charge in [0.25, 0.3) is 0 Å². The highest BCUT2D eigenvalue weighted by Crippen LogP contribution is 2.63. The topological polar surface area (TPSA) is 35.5 Å². The number of rotatable bonds is 0. The lowest BCUT2D eigenvalue weighted by Gasteiger charge is -2.31. The van der Waals surface area contributed by atoms with E-state index in [-0.39, 0.29) is 0 Å². The summed E-state index contributed by atoms with van der Waals surface area (Å²) in [6.45, 7) is -6.27. The zero-order chi connectivity index (χ0) is 9.62. The fourth-order valence-electron chi connectivity index (χ4n) is 0.472. The second-order valence-corrected chi connectivity index (χ2v) is 4.56. The Bertz CT molecular complexity index is 244. The van der Waals surface area contributed by atoms with Gasteiger partial charge >= 0.3 is 19.0 Å². The average molecular weight is 228 g/mol. The van der Waals surface area contributed by atoms with Gasteiger partial charge in [0.15, 0.2) is 0 Å². The molecule has 1 unspecified atom stereocenters. The summed E-state index contributed by atoms with van der Waals surface area (Å²) in [5, 5.41) is 0. The second-order valence-electron chi connectivity index (χ2n) is 2.02. The van der Waals surface area contributed by atoms with Gasteiger partial charge in [-0.1, -0.05) is 0 Å². The number of alkyl halides is 4. The molecule has 0 aromatic rings. The molecule has 0 N–H and O–H groups in total. The quantitative estimate of drug-likeness (QED) is 0.472. The SMILES string of the molecule is O=P1(Cl)OCC(F)(F)C(F)(F)O1. The van der Waals surface area contributed by atoms with Crippen molar-refractivity contribution in [1.82, 2.24) is 0 Å². The summed E-state index contributed by atoms with van der Waals surface area (Å²) in [5.41, 5.74) is 0. The molecule has 3 nitrogen and oxygen atoms in total. The Kier molecular flexibility index (Phi) is 2.20. The third-order valence-electron chi connectivity index (χ3n) is 1.05. The van der Waals surface area contributed by atoms with Crippen LogP contribution in [0.2, 0.25) is 0 Å². The van der Waals surface area contributed by atoms with Gasteiger partial charge in [-0.2, -0.15) is 17.6 Å². The van der Waals surface area contributed by atoms with Crippen LogP contribution in [0, 0.1) is 0 Å². The van der Waals surface area contributed by atoms with Crippen LogP contribution in [0.3, 0.4) is 0 Å². The molecule has 1 rings (SSSR count). The van der Waals surface area contributed by atoms with Gasteiger partial charge in [-0.25, -0.2) is 9.09 Å². The first kappa shape index (κ1) is 10.2. The molecule has 0 bridgehead atoms. The molecule has 1 fully saturated rings. The van der Waals surface area contributed by atoms with Crippen molar-refractivity contribution in [1.29, 1.82) is 0 Å².